The Morgan fingerprint density at radius 2 is 2.21 bits per heavy atom. The van der Waals surface area contributed by atoms with E-state index in [0.29, 0.717) is 18.6 Å². The molecule has 1 rings (SSSR count). The molecule has 1 fully saturated rings. The summed E-state index contributed by atoms with van der Waals surface area (Å²) >= 11 is 4.31. The zero-order chi connectivity index (χ0) is 10.4. The highest BCUT2D eigenvalue weighted by molar-refractivity contribution is 7.80. The van der Waals surface area contributed by atoms with Crippen LogP contribution in [-0.4, -0.2) is 41.5 Å². The molecule has 0 saturated carbocycles. The zero-order valence-corrected chi connectivity index (χ0v) is 10.0. The van der Waals surface area contributed by atoms with Crippen LogP contribution in [0.3, 0.4) is 0 Å². The monoisotopic (exact) mass is 217 g/mol. The van der Waals surface area contributed by atoms with E-state index in [-0.39, 0.29) is 0 Å². The summed E-state index contributed by atoms with van der Waals surface area (Å²) < 4.78 is 0. The molecular weight excluding hydrogens is 194 g/mol. The normalized spacial score (nSPS) is 27.2. The van der Waals surface area contributed by atoms with Gasteiger partial charge in [-0.3, -0.25) is 4.90 Å². The van der Waals surface area contributed by atoms with Crippen LogP contribution in [-0.2, 0) is 0 Å². The number of aliphatic hydroxyl groups excluding tert-OH is 1. The third-order valence-electron chi connectivity index (χ3n) is 3.07. The molecule has 3 heteroatoms. The van der Waals surface area contributed by atoms with Gasteiger partial charge in [-0.2, -0.15) is 12.6 Å². The Kier molecular flexibility index (Phi) is 5.90. The first kappa shape index (κ1) is 12.3. The van der Waals surface area contributed by atoms with Gasteiger partial charge in [0.2, 0.25) is 0 Å². The lowest BCUT2D eigenvalue weighted by molar-refractivity contribution is 0.114. The average Bonchev–Trinajstić information content (AvgIpc) is 2.42. The molecule has 0 spiro atoms. The Morgan fingerprint density at radius 3 is 2.86 bits per heavy atom. The van der Waals surface area contributed by atoms with Crippen molar-refractivity contribution in [2.45, 2.75) is 38.6 Å². The van der Waals surface area contributed by atoms with Gasteiger partial charge in [-0.25, -0.2) is 0 Å². The fourth-order valence-electron chi connectivity index (χ4n) is 2.14. The predicted octanol–water partition coefficient (Wildman–Crippen LogP) is 1.79. The van der Waals surface area contributed by atoms with Gasteiger partial charge in [-0.05, 0) is 31.1 Å². The maximum atomic E-state index is 9.31. The van der Waals surface area contributed by atoms with Crippen molar-refractivity contribution in [3.63, 3.8) is 0 Å². The summed E-state index contributed by atoms with van der Waals surface area (Å²) in [5, 5.41) is 9.31. The first-order valence-corrected chi connectivity index (χ1v) is 6.37. The fourth-order valence-corrected chi connectivity index (χ4v) is 2.26. The first-order chi connectivity index (χ1) is 6.77. The molecule has 1 saturated heterocycles. The summed E-state index contributed by atoms with van der Waals surface area (Å²) in [5.41, 5.74) is 0. The molecule has 1 heterocycles. The summed E-state index contributed by atoms with van der Waals surface area (Å²) in [5.74, 6) is 1.57. The molecule has 0 bridgehead atoms. The number of thiol groups is 1. The minimum absolute atomic E-state index is 0.319. The van der Waals surface area contributed by atoms with E-state index in [9.17, 15) is 5.11 Å². The number of nitrogens with zero attached hydrogens (tertiary/aromatic N) is 1. The molecule has 14 heavy (non-hydrogen) atoms. The summed E-state index contributed by atoms with van der Waals surface area (Å²) in [6, 6.07) is 0.403. The molecule has 1 aliphatic heterocycles. The quantitative estimate of drug-likeness (QED) is 0.701. The fraction of sp³-hybridized carbons (Fsp3) is 1.00. The van der Waals surface area contributed by atoms with Gasteiger partial charge in [-0.15, -0.1) is 0 Å². The number of aliphatic hydroxyl groups is 1. The Labute approximate surface area is 93.1 Å². The van der Waals surface area contributed by atoms with Gasteiger partial charge in [0.15, 0.2) is 0 Å². The van der Waals surface area contributed by atoms with Crippen molar-refractivity contribution in [3.8, 4) is 0 Å². The summed E-state index contributed by atoms with van der Waals surface area (Å²) in [7, 11) is 0. The molecule has 2 unspecified atom stereocenters. The number of hydrogen-bond donors (Lipinski definition) is 2. The Balaban J connectivity index is 2.43. The second-order valence-corrected chi connectivity index (χ2v) is 4.83. The first-order valence-electron chi connectivity index (χ1n) is 5.73. The summed E-state index contributed by atoms with van der Waals surface area (Å²) in [4.78, 5) is 2.45. The SMILES string of the molecule is CC(CS)CN1CCCCCC1CO. The predicted molar refractivity (Wildman–Crippen MR) is 63.9 cm³/mol. The highest BCUT2D eigenvalue weighted by atomic mass is 32.1. The van der Waals surface area contributed by atoms with Crippen LogP contribution < -0.4 is 0 Å². The van der Waals surface area contributed by atoms with E-state index in [0.717, 1.165) is 25.3 Å². The van der Waals surface area contributed by atoms with Crippen LogP contribution in [0.2, 0.25) is 0 Å². The van der Waals surface area contributed by atoms with Gasteiger partial charge in [0, 0.05) is 12.6 Å². The van der Waals surface area contributed by atoms with E-state index in [4.69, 9.17) is 0 Å². The van der Waals surface area contributed by atoms with Gasteiger partial charge in [-0.1, -0.05) is 19.8 Å². The van der Waals surface area contributed by atoms with Crippen molar-refractivity contribution in [2.75, 3.05) is 25.4 Å². The molecule has 2 nitrogen and oxygen atoms in total. The minimum Gasteiger partial charge on any atom is -0.395 e. The summed E-state index contributed by atoms with van der Waals surface area (Å²) in [6.07, 6.45) is 5.05. The van der Waals surface area contributed by atoms with Gasteiger partial charge in [0.1, 0.15) is 0 Å². The molecule has 2 atom stereocenters. The van der Waals surface area contributed by atoms with Crippen LogP contribution in [0.15, 0.2) is 0 Å². The highest BCUT2D eigenvalue weighted by Gasteiger charge is 2.21. The number of hydrogen-bond acceptors (Lipinski definition) is 3. The van der Waals surface area contributed by atoms with E-state index in [1.165, 1.54) is 19.3 Å². The topological polar surface area (TPSA) is 23.5 Å². The Bertz CT molecular complexity index is 154. The maximum Gasteiger partial charge on any atom is 0.0586 e. The van der Waals surface area contributed by atoms with Crippen LogP contribution in [0.25, 0.3) is 0 Å². The molecule has 0 aromatic carbocycles. The van der Waals surface area contributed by atoms with Crippen molar-refractivity contribution < 1.29 is 5.11 Å². The molecule has 0 aromatic rings. The van der Waals surface area contributed by atoms with Crippen LogP contribution in [0.1, 0.15) is 32.6 Å². The van der Waals surface area contributed by atoms with Crippen molar-refractivity contribution in [1.82, 2.24) is 4.90 Å². The summed E-state index contributed by atoms with van der Waals surface area (Å²) in [6.45, 7) is 4.80. The van der Waals surface area contributed by atoms with Crippen LogP contribution in [0.4, 0.5) is 0 Å². The maximum absolute atomic E-state index is 9.31. The van der Waals surface area contributed by atoms with Crippen molar-refractivity contribution >= 4 is 12.6 Å². The second-order valence-electron chi connectivity index (χ2n) is 4.47. The van der Waals surface area contributed by atoms with Gasteiger partial charge in [0.25, 0.3) is 0 Å². The smallest absolute Gasteiger partial charge is 0.0586 e. The lowest BCUT2D eigenvalue weighted by atomic mass is 10.1. The van der Waals surface area contributed by atoms with E-state index in [1.54, 1.807) is 0 Å². The van der Waals surface area contributed by atoms with Crippen molar-refractivity contribution in [2.24, 2.45) is 5.92 Å². The lowest BCUT2D eigenvalue weighted by Gasteiger charge is -2.30. The van der Waals surface area contributed by atoms with Gasteiger partial charge >= 0.3 is 0 Å². The third kappa shape index (κ3) is 3.79. The van der Waals surface area contributed by atoms with E-state index < -0.39 is 0 Å². The number of rotatable bonds is 4. The van der Waals surface area contributed by atoms with E-state index in [1.807, 2.05) is 0 Å². The lowest BCUT2D eigenvalue weighted by Crippen LogP contribution is -2.40. The molecule has 0 aliphatic carbocycles. The van der Waals surface area contributed by atoms with E-state index in [2.05, 4.69) is 24.5 Å². The molecule has 1 aliphatic rings. The molecule has 84 valence electrons. The molecule has 1 N–H and O–H groups in total. The molecule has 0 radical (unpaired) electrons. The van der Waals surface area contributed by atoms with E-state index >= 15 is 0 Å². The molecule has 0 amide bonds. The Morgan fingerprint density at radius 1 is 1.43 bits per heavy atom. The van der Waals surface area contributed by atoms with Crippen LogP contribution in [0.5, 0.6) is 0 Å². The highest BCUT2D eigenvalue weighted by Crippen LogP contribution is 2.17. The van der Waals surface area contributed by atoms with Gasteiger partial charge in [0.05, 0.1) is 6.61 Å². The molecule has 0 aromatic heterocycles. The standard InChI is InChI=1S/C11H23NOS/c1-10(9-14)7-12-6-4-2-3-5-11(12)8-13/h10-11,13-14H,2-9H2,1H3. The third-order valence-corrected chi connectivity index (χ3v) is 3.69. The Hall–Kier alpha value is 0.270. The van der Waals surface area contributed by atoms with Crippen molar-refractivity contribution in [1.29, 1.82) is 0 Å². The zero-order valence-electron chi connectivity index (χ0n) is 9.15. The van der Waals surface area contributed by atoms with Crippen molar-refractivity contribution in [3.05, 3.63) is 0 Å². The molecular formula is C11H23NOS. The minimum atomic E-state index is 0.319. The largest absolute Gasteiger partial charge is 0.395 e. The van der Waals surface area contributed by atoms with Gasteiger partial charge < -0.3 is 5.11 Å². The second kappa shape index (κ2) is 6.70. The average molecular weight is 217 g/mol. The van der Waals surface area contributed by atoms with Crippen LogP contribution in [0, 0.1) is 5.92 Å². The van der Waals surface area contributed by atoms with Crippen LogP contribution >= 0.6 is 12.6 Å². The number of likely N-dealkylation sites (tertiary alicyclic amines) is 1.